The Morgan fingerprint density at radius 1 is 1.57 bits per heavy atom. The molecule has 1 aromatic heterocycles. The number of anilines is 1. The Morgan fingerprint density at radius 2 is 2.43 bits per heavy atom. The molecule has 0 bridgehead atoms. The van der Waals surface area contributed by atoms with Crippen LogP contribution in [0.5, 0.6) is 0 Å². The molecule has 1 fully saturated rings. The molecule has 4 nitrogen and oxygen atoms in total. The highest BCUT2D eigenvalue weighted by Gasteiger charge is 2.19. The first-order valence-corrected chi connectivity index (χ1v) is 5.27. The molecule has 0 radical (unpaired) electrons. The summed E-state index contributed by atoms with van der Waals surface area (Å²) in [7, 11) is 0. The second-order valence-electron chi connectivity index (χ2n) is 4.06. The Bertz CT molecular complexity index is 294. The SMILES string of the molecule is CC1CCCN1CCn1cc(N)cn1. The molecule has 78 valence electrons. The lowest BCUT2D eigenvalue weighted by Crippen LogP contribution is -2.30. The van der Waals surface area contributed by atoms with Crippen LogP contribution in [0.2, 0.25) is 0 Å². The fourth-order valence-electron chi connectivity index (χ4n) is 2.06. The standard InChI is InChI=1S/C10H18N4/c1-9-3-2-4-13(9)5-6-14-8-10(11)7-12-14/h7-9H,2-6,11H2,1H3. The van der Waals surface area contributed by atoms with Crippen molar-refractivity contribution < 1.29 is 0 Å². The van der Waals surface area contributed by atoms with Gasteiger partial charge in [0.1, 0.15) is 0 Å². The van der Waals surface area contributed by atoms with Crippen LogP contribution in [0, 0.1) is 0 Å². The van der Waals surface area contributed by atoms with E-state index in [0.717, 1.165) is 24.8 Å². The summed E-state index contributed by atoms with van der Waals surface area (Å²) >= 11 is 0. The molecule has 0 aliphatic carbocycles. The van der Waals surface area contributed by atoms with Gasteiger partial charge in [0.2, 0.25) is 0 Å². The zero-order valence-electron chi connectivity index (χ0n) is 8.69. The maximum atomic E-state index is 5.59. The van der Waals surface area contributed by atoms with Crippen molar-refractivity contribution in [1.29, 1.82) is 0 Å². The van der Waals surface area contributed by atoms with Gasteiger partial charge in [0.05, 0.1) is 18.4 Å². The number of hydrogen-bond donors (Lipinski definition) is 1. The normalized spacial score (nSPS) is 23.1. The second kappa shape index (κ2) is 4.00. The summed E-state index contributed by atoms with van der Waals surface area (Å²) in [5.41, 5.74) is 6.34. The van der Waals surface area contributed by atoms with Crippen LogP contribution in [0.25, 0.3) is 0 Å². The van der Waals surface area contributed by atoms with Crippen molar-refractivity contribution in [3.8, 4) is 0 Å². The molecule has 1 aromatic rings. The fourth-order valence-corrected chi connectivity index (χ4v) is 2.06. The molecule has 0 saturated carbocycles. The van der Waals surface area contributed by atoms with Crippen LogP contribution >= 0.6 is 0 Å². The lowest BCUT2D eigenvalue weighted by atomic mass is 10.2. The van der Waals surface area contributed by atoms with Gasteiger partial charge >= 0.3 is 0 Å². The second-order valence-corrected chi connectivity index (χ2v) is 4.06. The van der Waals surface area contributed by atoms with E-state index in [1.54, 1.807) is 6.20 Å². The van der Waals surface area contributed by atoms with Crippen LogP contribution in [0.4, 0.5) is 5.69 Å². The topological polar surface area (TPSA) is 47.1 Å². The number of rotatable bonds is 3. The third-order valence-corrected chi connectivity index (χ3v) is 2.96. The van der Waals surface area contributed by atoms with E-state index in [0.29, 0.717) is 0 Å². The Balaban J connectivity index is 1.82. The molecule has 2 N–H and O–H groups in total. The zero-order chi connectivity index (χ0) is 9.97. The largest absolute Gasteiger partial charge is 0.396 e. The number of hydrogen-bond acceptors (Lipinski definition) is 3. The first-order valence-electron chi connectivity index (χ1n) is 5.27. The Hall–Kier alpha value is -1.03. The van der Waals surface area contributed by atoms with E-state index in [1.165, 1.54) is 19.4 Å². The van der Waals surface area contributed by atoms with Gasteiger partial charge in [0.25, 0.3) is 0 Å². The molecule has 0 aromatic carbocycles. The average Bonchev–Trinajstić information content (AvgIpc) is 2.72. The smallest absolute Gasteiger partial charge is 0.0719 e. The maximum Gasteiger partial charge on any atom is 0.0719 e. The highest BCUT2D eigenvalue weighted by atomic mass is 15.3. The molecular weight excluding hydrogens is 176 g/mol. The van der Waals surface area contributed by atoms with E-state index >= 15 is 0 Å². The zero-order valence-corrected chi connectivity index (χ0v) is 8.69. The molecule has 1 aliphatic rings. The van der Waals surface area contributed by atoms with Crippen molar-refractivity contribution >= 4 is 5.69 Å². The van der Waals surface area contributed by atoms with E-state index in [-0.39, 0.29) is 0 Å². The minimum absolute atomic E-state index is 0.739. The molecule has 14 heavy (non-hydrogen) atoms. The highest BCUT2D eigenvalue weighted by molar-refractivity contribution is 5.30. The van der Waals surface area contributed by atoms with Gasteiger partial charge in [-0.15, -0.1) is 0 Å². The van der Waals surface area contributed by atoms with Gasteiger partial charge in [-0.05, 0) is 26.3 Å². The predicted molar refractivity (Wildman–Crippen MR) is 56.9 cm³/mol. The van der Waals surface area contributed by atoms with Gasteiger partial charge < -0.3 is 5.73 Å². The van der Waals surface area contributed by atoms with Gasteiger partial charge in [-0.1, -0.05) is 0 Å². The van der Waals surface area contributed by atoms with Crippen molar-refractivity contribution in [2.45, 2.75) is 32.4 Å². The molecule has 1 aliphatic heterocycles. The van der Waals surface area contributed by atoms with Crippen LogP contribution in [-0.2, 0) is 6.54 Å². The summed E-state index contributed by atoms with van der Waals surface area (Å²) in [5.74, 6) is 0. The van der Waals surface area contributed by atoms with Crippen molar-refractivity contribution in [2.24, 2.45) is 0 Å². The molecule has 1 atom stereocenters. The Kier molecular flexibility index (Phi) is 2.72. The Morgan fingerprint density at radius 3 is 3.00 bits per heavy atom. The number of likely N-dealkylation sites (tertiary alicyclic amines) is 1. The molecule has 4 heteroatoms. The van der Waals surface area contributed by atoms with E-state index in [9.17, 15) is 0 Å². The van der Waals surface area contributed by atoms with Gasteiger partial charge in [-0.25, -0.2) is 0 Å². The summed E-state index contributed by atoms with van der Waals surface area (Å²) in [4.78, 5) is 2.51. The average molecular weight is 194 g/mol. The summed E-state index contributed by atoms with van der Waals surface area (Å²) in [6.07, 6.45) is 6.26. The minimum Gasteiger partial charge on any atom is -0.396 e. The molecule has 0 spiro atoms. The number of aromatic nitrogens is 2. The van der Waals surface area contributed by atoms with Crippen molar-refractivity contribution in [3.63, 3.8) is 0 Å². The van der Waals surface area contributed by atoms with Gasteiger partial charge in [-0.2, -0.15) is 5.10 Å². The van der Waals surface area contributed by atoms with Crippen LogP contribution < -0.4 is 5.73 Å². The quantitative estimate of drug-likeness (QED) is 0.779. The van der Waals surface area contributed by atoms with Crippen LogP contribution in [0.3, 0.4) is 0 Å². The third kappa shape index (κ3) is 2.07. The predicted octanol–water partition coefficient (Wildman–Crippen LogP) is 0.950. The summed E-state index contributed by atoms with van der Waals surface area (Å²) in [6, 6.07) is 0.739. The van der Waals surface area contributed by atoms with E-state index < -0.39 is 0 Å². The van der Waals surface area contributed by atoms with Crippen molar-refractivity contribution in [2.75, 3.05) is 18.8 Å². The molecule has 1 saturated heterocycles. The van der Waals surface area contributed by atoms with Crippen LogP contribution in [0.15, 0.2) is 12.4 Å². The fraction of sp³-hybridized carbons (Fsp3) is 0.700. The monoisotopic (exact) mass is 194 g/mol. The first-order chi connectivity index (χ1) is 6.75. The number of nitrogens with zero attached hydrogens (tertiary/aromatic N) is 3. The Labute approximate surface area is 84.7 Å². The highest BCUT2D eigenvalue weighted by Crippen LogP contribution is 2.15. The summed E-state index contributed by atoms with van der Waals surface area (Å²) in [5, 5.41) is 4.17. The summed E-state index contributed by atoms with van der Waals surface area (Å²) < 4.78 is 1.92. The lowest BCUT2D eigenvalue weighted by Gasteiger charge is -2.20. The van der Waals surface area contributed by atoms with Gasteiger partial charge in [0.15, 0.2) is 0 Å². The third-order valence-electron chi connectivity index (χ3n) is 2.96. The number of nitrogen functional groups attached to an aromatic ring is 1. The molecule has 2 heterocycles. The van der Waals surface area contributed by atoms with Crippen molar-refractivity contribution in [3.05, 3.63) is 12.4 Å². The molecule has 2 rings (SSSR count). The number of nitrogens with two attached hydrogens (primary N) is 1. The maximum absolute atomic E-state index is 5.59. The molecule has 1 unspecified atom stereocenters. The minimum atomic E-state index is 0.739. The van der Waals surface area contributed by atoms with Gasteiger partial charge in [-0.3, -0.25) is 9.58 Å². The lowest BCUT2D eigenvalue weighted by molar-refractivity contribution is 0.254. The van der Waals surface area contributed by atoms with E-state index in [1.807, 2.05) is 10.9 Å². The molecular formula is C10H18N4. The van der Waals surface area contributed by atoms with E-state index in [2.05, 4.69) is 16.9 Å². The van der Waals surface area contributed by atoms with Crippen molar-refractivity contribution in [1.82, 2.24) is 14.7 Å². The summed E-state index contributed by atoms with van der Waals surface area (Å²) in [6.45, 7) is 5.56. The van der Waals surface area contributed by atoms with E-state index in [4.69, 9.17) is 5.73 Å². The molecule has 0 amide bonds. The van der Waals surface area contributed by atoms with Gasteiger partial charge in [0, 0.05) is 18.8 Å². The first kappa shape index (κ1) is 9.52. The van der Waals surface area contributed by atoms with Crippen LogP contribution in [-0.4, -0.2) is 33.8 Å². The van der Waals surface area contributed by atoms with Crippen LogP contribution in [0.1, 0.15) is 19.8 Å².